The van der Waals surface area contributed by atoms with E-state index in [0.29, 0.717) is 16.7 Å². The van der Waals surface area contributed by atoms with Gasteiger partial charge in [-0.25, -0.2) is 0 Å². The number of carbonyl (C=O) groups is 1. The van der Waals surface area contributed by atoms with Gasteiger partial charge >= 0.3 is 0 Å². The summed E-state index contributed by atoms with van der Waals surface area (Å²) in [5.74, 6) is -0.173. The molecule has 1 aliphatic heterocycles. The van der Waals surface area contributed by atoms with Crippen molar-refractivity contribution in [2.75, 3.05) is 11.9 Å². The average molecular weight is 356 g/mol. The molecule has 1 heterocycles. The number of anilines is 1. The van der Waals surface area contributed by atoms with Crippen molar-refractivity contribution in [1.29, 1.82) is 0 Å². The first kappa shape index (κ1) is 16.7. The quantitative estimate of drug-likeness (QED) is 0.393. The Balaban J connectivity index is 2.12. The van der Waals surface area contributed by atoms with Crippen LogP contribution in [0.5, 0.6) is 0 Å². The topological polar surface area (TPSA) is 63.5 Å². The van der Waals surface area contributed by atoms with Crippen molar-refractivity contribution in [1.82, 2.24) is 0 Å². The maximum atomic E-state index is 13.1. The molecule has 3 aromatic rings. The summed E-state index contributed by atoms with van der Waals surface area (Å²) in [6, 6.07) is 23.4. The molecule has 0 N–H and O–H groups in total. The molecule has 27 heavy (non-hydrogen) atoms. The first-order valence-electron chi connectivity index (χ1n) is 8.50. The Bertz CT molecular complexity index is 1090. The van der Waals surface area contributed by atoms with E-state index in [1.807, 2.05) is 54.6 Å². The molecule has 0 bridgehead atoms. The Morgan fingerprint density at radius 3 is 2.26 bits per heavy atom. The zero-order valence-electron chi connectivity index (χ0n) is 14.6. The van der Waals surface area contributed by atoms with Gasteiger partial charge in [-0.2, -0.15) is 0 Å². The van der Waals surface area contributed by atoms with Crippen LogP contribution in [0.4, 0.5) is 11.4 Å². The van der Waals surface area contributed by atoms with E-state index in [1.54, 1.807) is 30.1 Å². The number of nitro groups is 1. The van der Waals surface area contributed by atoms with Crippen molar-refractivity contribution in [3.8, 4) is 0 Å². The third-order valence-electron chi connectivity index (χ3n) is 4.74. The highest BCUT2D eigenvalue weighted by Crippen LogP contribution is 2.43. The van der Waals surface area contributed by atoms with Gasteiger partial charge in [0.2, 0.25) is 0 Å². The zero-order valence-corrected chi connectivity index (χ0v) is 14.6. The minimum Gasteiger partial charge on any atom is -0.311 e. The lowest BCUT2D eigenvalue weighted by atomic mass is 9.89. The van der Waals surface area contributed by atoms with E-state index in [1.165, 1.54) is 6.07 Å². The zero-order chi connectivity index (χ0) is 19.0. The lowest BCUT2D eigenvalue weighted by Gasteiger charge is -2.13. The van der Waals surface area contributed by atoms with Gasteiger partial charge in [0.1, 0.15) is 0 Å². The predicted molar refractivity (Wildman–Crippen MR) is 105 cm³/mol. The Morgan fingerprint density at radius 2 is 1.52 bits per heavy atom. The van der Waals surface area contributed by atoms with Crippen molar-refractivity contribution in [2.45, 2.75) is 0 Å². The number of benzene rings is 3. The van der Waals surface area contributed by atoms with Gasteiger partial charge in [0.15, 0.2) is 0 Å². The smallest absolute Gasteiger partial charge is 0.277 e. The Labute approximate surface area is 156 Å². The molecule has 3 aromatic carbocycles. The number of hydrogen-bond donors (Lipinski definition) is 0. The van der Waals surface area contributed by atoms with Crippen LogP contribution in [0.2, 0.25) is 0 Å². The number of fused-ring (bicyclic) bond motifs is 1. The SMILES string of the molecule is CN1C(=O)/C(=C(/c2ccccc2)c2ccccc2[N+](=O)[O-])c2ccccc21. The highest BCUT2D eigenvalue weighted by molar-refractivity contribution is 6.39. The highest BCUT2D eigenvalue weighted by Gasteiger charge is 2.34. The fourth-order valence-corrected chi connectivity index (χ4v) is 3.50. The van der Waals surface area contributed by atoms with E-state index in [9.17, 15) is 14.9 Å². The Morgan fingerprint density at radius 1 is 0.889 bits per heavy atom. The number of rotatable bonds is 3. The van der Waals surface area contributed by atoms with Gasteiger partial charge in [0.25, 0.3) is 11.6 Å². The molecule has 5 heteroatoms. The van der Waals surface area contributed by atoms with Crippen LogP contribution < -0.4 is 4.90 Å². The lowest BCUT2D eigenvalue weighted by molar-refractivity contribution is -0.385. The van der Waals surface area contributed by atoms with Crippen molar-refractivity contribution in [3.63, 3.8) is 0 Å². The Hall–Kier alpha value is -3.73. The normalized spacial score (nSPS) is 14.9. The lowest BCUT2D eigenvalue weighted by Crippen LogP contribution is -2.21. The van der Waals surface area contributed by atoms with Crippen LogP contribution in [-0.2, 0) is 4.79 Å². The van der Waals surface area contributed by atoms with Crippen LogP contribution in [-0.4, -0.2) is 17.9 Å². The Kier molecular flexibility index (Phi) is 4.05. The molecule has 0 radical (unpaired) electrons. The predicted octanol–water partition coefficient (Wildman–Crippen LogP) is 4.53. The van der Waals surface area contributed by atoms with Crippen LogP contribution in [0.3, 0.4) is 0 Å². The summed E-state index contributed by atoms with van der Waals surface area (Å²) in [4.78, 5) is 26.0. The van der Waals surface area contributed by atoms with E-state index in [2.05, 4.69) is 0 Å². The molecular weight excluding hydrogens is 340 g/mol. The molecule has 4 rings (SSSR count). The number of para-hydroxylation sites is 2. The maximum absolute atomic E-state index is 13.1. The summed E-state index contributed by atoms with van der Waals surface area (Å²) in [7, 11) is 1.72. The maximum Gasteiger partial charge on any atom is 0.277 e. The van der Waals surface area contributed by atoms with E-state index in [4.69, 9.17) is 0 Å². The third kappa shape index (κ3) is 2.69. The fourth-order valence-electron chi connectivity index (χ4n) is 3.50. The van der Waals surface area contributed by atoms with E-state index >= 15 is 0 Å². The largest absolute Gasteiger partial charge is 0.311 e. The summed E-state index contributed by atoms with van der Waals surface area (Å²) in [6.45, 7) is 0. The molecule has 1 aliphatic rings. The molecule has 1 amide bonds. The fraction of sp³-hybridized carbons (Fsp3) is 0.0455. The van der Waals surface area contributed by atoms with Gasteiger partial charge < -0.3 is 4.90 Å². The molecule has 0 spiro atoms. The van der Waals surface area contributed by atoms with Crippen molar-refractivity contribution in [2.24, 2.45) is 0 Å². The monoisotopic (exact) mass is 356 g/mol. The average Bonchev–Trinajstić information content (AvgIpc) is 2.95. The number of nitrogens with zero attached hydrogens (tertiary/aromatic N) is 2. The summed E-state index contributed by atoms with van der Waals surface area (Å²) in [6.07, 6.45) is 0. The summed E-state index contributed by atoms with van der Waals surface area (Å²) < 4.78 is 0. The molecule has 0 aromatic heterocycles. The number of likely N-dealkylation sites (N-methyl/N-ethyl adjacent to an activating group) is 1. The third-order valence-corrected chi connectivity index (χ3v) is 4.74. The van der Waals surface area contributed by atoms with Gasteiger partial charge in [0.05, 0.1) is 21.7 Å². The van der Waals surface area contributed by atoms with Crippen LogP contribution in [0.25, 0.3) is 11.1 Å². The standard InChI is InChI=1S/C22H16N2O3/c1-23-18-13-7-5-11-16(18)21(22(23)25)20(15-9-3-2-4-10-15)17-12-6-8-14-19(17)24(26)27/h2-14H,1H3/b21-20-. The van der Waals surface area contributed by atoms with Crippen molar-refractivity contribution >= 4 is 28.4 Å². The second kappa shape index (κ2) is 6.53. The van der Waals surface area contributed by atoms with Gasteiger partial charge in [0, 0.05) is 24.3 Å². The van der Waals surface area contributed by atoms with Crippen LogP contribution in [0.15, 0.2) is 78.9 Å². The number of carbonyl (C=O) groups excluding carboxylic acids is 1. The van der Waals surface area contributed by atoms with Crippen LogP contribution in [0.1, 0.15) is 16.7 Å². The molecule has 0 unspecified atom stereocenters. The number of nitro benzene ring substituents is 1. The minimum atomic E-state index is -0.409. The molecule has 0 aliphatic carbocycles. The van der Waals surface area contributed by atoms with E-state index in [-0.39, 0.29) is 11.6 Å². The molecule has 0 fully saturated rings. The first-order chi connectivity index (χ1) is 13.1. The minimum absolute atomic E-state index is 0.0244. The van der Waals surface area contributed by atoms with Crippen molar-refractivity contribution in [3.05, 3.63) is 106 Å². The van der Waals surface area contributed by atoms with Crippen LogP contribution in [0, 0.1) is 10.1 Å². The second-order valence-electron chi connectivity index (χ2n) is 6.27. The molecule has 0 atom stereocenters. The van der Waals surface area contributed by atoms with Gasteiger partial charge in [-0.1, -0.05) is 60.7 Å². The number of hydrogen-bond acceptors (Lipinski definition) is 3. The molecule has 0 saturated carbocycles. The molecule has 0 saturated heterocycles. The molecule has 5 nitrogen and oxygen atoms in total. The van der Waals surface area contributed by atoms with Crippen LogP contribution >= 0.6 is 0 Å². The van der Waals surface area contributed by atoms with Crippen molar-refractivity contribution < 1.29 is 9.72 Å². The summed E-state index contributed by atoms with van der Waals surface area (Å²) >= 11 is 0. The second-order valence-corrected chi connectivity index (χ2v) is 6.27. The molecular formula is C22H16N2O3. The van der Waals surface area contributed by atoms with Gasteiger partial charge in [-0.3, -0.25) is 14.9 Å². The van der Waals surface area contributed by atoms with Gasteiger partial charge in [-0.05, 0) is 17.7 Å². The first-order valence-corrected chi connectivity index (χ1v) is 8.50. The van der Waals surface area contributed by atoms with E-state index in [0.717, 1.165) is 16.8 Å². The summed E-state index contributed by atoms with van der Waals surface area (Å²) in [5, 5.41) is 11.7. The van der Waals surface area contributed by atoms with E-state index < -0.39 is 4.92 Å². The highest BCUT2D eigenvalue weighted by atomic mass is 16.6. The number of amides is 1. The summed E-state index contributed by atoms with van der Waals surface area (Å²) in [5.41, 5.74) is 3.80. The molecule has 132 valence electrons. The van der Waals surface area contributed by atoms with Gasteiger partial charge in [-0.15, -0.1) is 0 Å².